The summed E-state index contributed by atoms with van der Waals surface area (Å²) in [5.74, 6) is -1.19. The van der Waals surface area contributed by atoms with Crippen molar-refractivity contribution in [1.29, 1.82) is 0 Å². The molecule has 0 amide bonds. The molecule has 90 valence electrons. The molecule has 5 nitrogen and oxygen atoms in total. The molecule has 2 aromatic rings. The van der Waals surface area contributed by atoms with Gasteiger partial charge in [-0.2, -0.15) is 0 Å². The number of carbonyl (C=O) groups excluding carboxylic acids is 2. The topological polar surface area (TPSA) is 73.6 Å². The largest absolute Gasteiger partial charge is 0.424 e. The average Bonchev–Trinajstić information content (AvgIpc) is 2.29. The van der Waals surface area contributed by atoms with E-state index in [1.54, 1.807) is 18.2 Å². The summed E-state index contributed by atoms with van der Waals surface area (Å²) < 4.78 is 10.1. The van der Waals surface area contributed by atoms with Crippen molar-refractivity contribution in [1.82, 2.24) is 0 Å². The van der Waals surface area contributed by atoms with Crippen LogP contribution in [-0.2, 0) is 4.79 Å². The van der Waals surface area contributed by atoms with Crippen LogP contribution in [0.25, 0.3) is 11.0 Å². The lowest BCUT2D eigenvalue weighted by molar-refractivity contribution is -0.133. The van der Waals surface area contributed by atoms with Crippen molar-refractivity contribution >= 4 is 22.7 Å². The number of hydrogen-bond acceptors (Lipinski definition) is 5. The lowest BCUT2D eigenvalue weighted by Crippen LogP contribution is -2.27. The fourth-order valence-electron chi connectivity index (χ4n) is 2.00. The SMILES string of the molecule is Cc1ccc2oc(=O)c3c(c2c1)OC(=O)CC3=O. The number of hydrogen-bond donors (Lipinski definition) is 0. The highest BCUT2D eigenvalue weighted by Crippen LogP contribution is 2.31. The van der Waals surface area contributed by atoms with Crippen molar-refractivity contribution in [3.8, 4) is 5.75 Å². The lowest BCUT2D eigenvalue weighted by atomic mass is 10.0. The van der Waals surface area contributed by atoms with Crippen LogP contribution in [0, 0.1) is 6.92 Å². The molecule has 2 heterocycles. The Hall–Kier alpha value is -2.43. The van der Waals surface area contributed by atoms with E-state index in [0.717, 1.165) is 5.56 Å². The number of fused-ring (bicyclic) bond motifs is 3. The Balaban J connectivity index is 2.47. The van der Waals surface area contributed by atoms with E-state index >= 15 is 0 Å². The van der Waals surface area contributed by atoms with Crippen molar-refractivity contribution in [2.75, 3.05) is 0 Å². The number of aryl methyl sites for hydroxylation is 1. The molecule has 18 heavy (non-hydrogen) atoms. The molecule has 0 saturated carbocycles. The summed E-state index contributed by atoms with van der Waals surface area (Å²) in [6, 6.07) is 5.09. The molecule has 0 bridgehead atoms. The number of ether oxygens (including phenoxy) is 1. The van der Waals surface area contributed by atoms with E-state index in [2.05, 4.69) is 0 Å². The molecule has 0 aliphatic carbocycles. The molecule has 1 aliphatic heterocycles. The second kappa shape index (κ2) is 3.53. The number of Topliss-reactive ketones (excluding diaryl/α,β-unsaturated/α-hetero) is 1. The molecule has 5 heteroatoms. The van der Waals surface area contributed by atoms with Gasteiger partial charge in [0.25, 0.3) is 0 Å². The van der Waals surface area contributed by atoms with Crippen LogP contribution in [0.2, 0.25) is 0 Å². The molecule has 0 saturated heterocycles. The van der Waals surface area contributed by atoms with E-state index in [4.69, 9.17) is 9.15 Å². The fraction of sp³-hybridized carbons (Fsp3) is 0.154. The van der Waals surface area contributed by atoms with Crippen LogP contribution in [0.4, 0.5) is 0 Å². The van der Waals surface area contributed by atoms with Gasteiger partial charge in [-0.05, 0) is 19.1 Å². The Morgan fingerprint density at radius 1 is 1.17 bits per heavy atom. The van der Waals surface area contributed by atoms with Gasteiger partial charge < -0.3 is 9.15 Å². The second-order valence-corrected chi connectivity index (χ2v) is 4.17. The van der Waals surface area contributed by atoms with Crippen LogP contribution in [0.3, 0.4) is 0 Å². The molecule has 1 aromatic heterocycles. The first-order chi connectivity index (χ1) is 8.56. The van der Waals surface area contributed by atoms with Crippen molar-refractivity contribution in [2.45, 2.75) is 13.3 Å². The molecule has 0 N–H and O–H groups in total. The average molecular weight is 244 g/mol. The maximum Gasteiger partial charge on any atom is 0.351 e. The van der Waals surface area contributed by atoms with Crippen molar-refractivity contribution in [3.05, 3.63) is 39.7 Å². The predicted octanol–water partition coefficient (Wildman–Crippen LogP) is 1.59. The van der Waals surface area contributed by atoms with Gasteiger partial charge in [-0.25, -0.2) is 4.79 Å². The van der Waals surface area contributed by atoms with Crippen molar-refractivity contribution in [3.63, 3.8) is 0 Å². The van der Waals surface area contributed by atoms with Crippen molar-refractivity contribution < 1.29 is 18.7 Å². The van der Waals surface area contributed by atoms with Crippen LogP contribution in [-0.4, -0.2) is 11.8 Å². The van der Waals surface area contributed by atoms with Crippen molar-refractivity contribution in [2.24, 2.45) is 0 Å². The highest BCUT2D eigenvalue weighted by Gasteiger charge is 2.30. The Bertz CT molecular complexity index is 754. The minimum Gasteiger partial charge on any atom is -0.424 e. The van der Waals surface area contributed by atoms with Crippen LogP contribution in [0.1, 0.15) is 22.3 Å². The van der Waals surface area contributed by atoms with E-state index in [0.29, 0.717) is 11.0 Å². The van der Waals surface area contributed by atoms with Gasteiger partial charge >= 0.3 is 11.6 Å². The Morgan fingerprint density at radius 2 is 1.94 bits per heavy atom. The summed E-state index contributed by atoms with van der Waals surface area (Å²) in [6.07, 6.45) is -0.422. The molecule has 3 rings (SSSR count). The van der Waals surface area contributed by atoms with E-state index in [1.807, 2.05) is 6.92 Å². The Morgan fingerprint density at radius 3 is 2.72 bits per heavy atom. The first-order valence-electron chi connectivity index (χ1n) is 5.37. The van der Waals surface area contributed by atoms with E-state index in [1.165, 1.54) is 0 Å². The van der Waals surface area contributed by atoms with Crippen LogP contribution < -0.4 is 10.4 Å². The second-order valence-electron chi connectivity index (χ2n) is 4.17. The molecular weight excluding hydrogens is 236 g/mol. The standard InChI is InChI=1S/C13H8O5/c1-6-2-3-9-7(4-6)12-11(13(16)17-9)8(14)5-10(15)18-12/h2-4H,5H2,1H3. The smallest absolute Gasteiger partial charge is 0.351 e. The molecule has 0 unspecified atom stereocenters. The highest BCUT2D eigenvalue weighted by atomic mass is 16.5. The van der Waals surface area contributed by atoms with Gasteiger partial charge in [0.2, 0.25) is 0 Å². The van der Waals surface area contributed by atoms with Gasteiger partial charge in [0, 0.05) is 0 Å². The summed E-state index contributed by atoms with van der Waals surface area (Å²) in [5.41, 5.74) is 0.269. The zero-order chi connectivity index (χ0) is 12.9. The third kappa shape index (κ3) is 1.44. The number of benzene rings is 1. The number of ketones is 1. The van der Waals surface area contributed by atoms with Crippen LogP contribution in [0.5, 0.6) is 5.75 Å². The zero-order valence-corrected chi connectivity index (χ0v) is 9.48. The third-order valence-corrected chi connectivity index (χ3v) is 2.81. The highest BCUT2D eigenvalue weighted by molar-refractivity contribution is 6.13. The quantitative estimate of drug-likeness (QED) is 0.399. The van der Waals surface area contributed by atoms with Crippen LogP contribution >= 0.6 is 0 Å². The maximum absolute atomic E-state index is 11.7. The lowest BCUT2D eigenvalue weighted by Gasteiger charge is -2.15. The Labute approximate surface area is 101 Å². The monoisotopic (exact) mass is 244 g/mol. The number of esters is 1. The minimum absolute atomic E-state index is 0.0196. The zero-order valence-electron chi connectivity index (χ0n) is 9.48. The van der Waals surface area contributed by atoms with Gasteiger partial charge in [0.1, 0.15) is 17.6 Å². The molecule has 1 aromatic carbocycles. The molecular formula is C13H8O5. The van der Waals surface area contributed by atoms with Gasteiger partial charge in [-0.3, -0.25) is 9.59 Å². The fourth-order valence-corrected chi connectivity index (χ4v) is 2.00. The summed E-state index contributed by atoms with van der Waals surface area (Å²) in [6.45, 7) is 1.85. The van der Waals surface area contributed by atoms with Crippen LogP contribution in [0.15, 0.2) is 27.4 Å². The van der Waals surface area contributed by atoms with Gasteiger partial charge in [0.15, 0.2) is 11.5 Å². The first-order valence-corrected chi connectivity index (χ1v) is 5.37. The normalized spacial score (nSPS) is 14.5. The van der Waals surface area contributed by atoms with Gasteiger partial charge in [0.05, 0.1) is 5.39 Å². The minimum atomic E-state index is -0.765. The Kier molecular flexibility index (Phi) is 2.10. The number of carbonyl (C=O) groups is 2. The summed E-state index contributed by atoms with van der Waals surface area (Å²) in [7, 11) is 0. The summed E-state index contributed by atoms with van der Waals surface area (Å²) in [4.78, 5) is 34.7. The molecule has 0 atom stereocenters. The van der Waals surface area contributed by atoms with Gasteiger partial charge in [-0.1, -0.05) is 11.6 Å². The third-order valence-electron chi connectivity index (χ3n) is 2.81. The predicted molar refractivity (Wildman–Crippen MR) is 61.8 cm³/mol. The number of rotatable bonds is 0. The first kappa shape index (κ1) is 10.7. The maximum atomic E-state index is 11.7. The van der Waals surface area contributed by atoms with E-state index < -0.39 is 23.8 Å². The van der Waals surface area contributed by atoms with E-state index in [-0.39, 0.29) is 11.3 Å². The van der Waals surface area contributed by atoms with Gasteiger partial charge in [-0.15, -0.1) is 0 Å². The molecule has 0 radical (unpaired) electrons. The molecule has 0 spiro atoms. The molecule has 0 fully saturated rings. The molecule has 1 aliphatic rings. The summed E-state index contributed by atoms with van der Waals surface area (Å²) in [5, 5.41) is 0.464. The summed E-state index contributed by atoms with van der Waals surface area (Å²) >= 11 is 0. The van der Waals surface area contributed by atoms with E-state index in [9.17, 15) is 14.4 Å².